The van der Waals surface area contributed by atoms with Crippen LogP contribution in [0.4, 0.5) is 0 Å². The van der Waals surface area contributed by atoms with Crippen molar-refractivity contribution in [2.24, 2.45) is 5.92 Å². The summed E-state index contributed by atoms with van der Waals surface area (Å²) < 4.78 is 23.9. The molecule has 0 fully saturated rings. The van der Waals surface area contributed by atoms with Crippen LogP contribution in [0, 0.1) is 5.92 Å². The van der Waals surface area contributed by atoms with E-state index in [1.807, 2.05) is 13.8 Å². The summed E-state index contributed by atoms with van der Waals surface area (Å²) in [5, 5.41) is 9.74. The van der Waals surface area contributed by atoms with Gasteiger partial charge in [-0.3, -0.25) is 0 Å². The lowest BCUT2D eigenvalue weighted by Gasteiger charge is -2.15. The lowest BCUT2D eigenvalue weighted by molar-refractivity contribution is 0.214. The van der Waals surface area contributed by atoms with Crippen molar-refractivity contribution in [2.75, 3.05) is 0 Å². The van der Waals surface area contributed by atoms with Crippen molar-refractivity contribution in [3.63, 3.8) is 0 Å². The highest BCUT2D eigenvalue weighted by molar-refractivity contribution is 7.91. The summed E-state index contributed by atoms with van der Waals surface area (Å²) in [6, 6.07) is 8.08. The van der Waals surface area contributed by atoms with Crippen LogP contribution in [0.5, 0.6) is 0 Å². The van der Waals surface area contributed by atoms with Gasteiger partial charge in [-0.25, -0.2) is 8.42 Å². The summed E-state index contributed by atoms with van der Waals surface area (Å²) in [5.41, 5.74) is -1.30. The van der Waals surface area contributed by atoms with Gasteiger partial charge in [-0.2, -0.15) is 0 Å². The molecule has 0 saturated carbocycles. The topological polar surface area (TPSA) is 54.4 Å². The fourth-order valence-corrected chi connectivity index (χ4v) is 2.84. The Morgan fingerprint density at radius 1 is 1.25 bits per heavy atom. The van der Waals surface area contributed by atoms with Gasteiger partial charge in [-0.15, -0.1) is 0 Å². The van der Waals surface area contributed by atoms with Gasteiger partial charge in [0.25, 0.3) is 0 Å². The van der Waals surface area contributed by atoms with Crippen LogP contribution in [-0.4, -0.2) is 19.0 Å². The van der Waals surface area contributed by atoms with Gasteiger partial charge in [0.1, 0.15) is 0 Å². The molecule has 90 valence electrons. The molecule has 0 saturated heterocycles. The predicted octanol–water partition coefficient (Wildman–Crippen LogP) is 2.21. The number of benzene rings is 1. The van der Waals surface area contributed by atoms with Gasteiger partial charge in [-0.1, -0.05) is 38.5 Å². The molecule has 0 aliphatic carbocycles. The first-order valence-electron chi connectivity index (χ1n) is 5.45. The molecule has 1 rings (SSSR count). The first-order chi connectivity index (χ1) is 7.48. The van der Waals surface area contributed by atoms with E-state index in [1.165, 1.54) is 12.1 Å². The zero-order valence-corrected chi connectivity index (χ0v) is 10.4. The Bertz CT molecular complexity index is 411. The summed E-state index contributed by atoms with van der Waals surface area (Å²) >= 11 is 0. The maximum absolute atomic E-state index is 11.9. The Labute approximate surface area is 97.0 Å². The molecule has 0 aromatic heterocycles. The summed E-state index contributed by atoms with van der Waals surface area (Å²) in [6.07, 6.45) is 1.15. The third-order valence-corrected chi connectivity index (χ3v) is 4.57. The van der Waals surface area contributed by atoms with Crippen molar-refractivity contribution in [3.05, 3.63) is 30.3 Å². The Hall–Kier alpha value is -0.870. The summed E-state index contributed by atoms with van der Waals surface area (Å²) in [7, 11) is -3.59. The average Bonchev–Trinajstić information content (AvgIpc) is 2.29. The third kappa shape index (κ3) is 3.06. The maximum atomic E-state index is 11.9. The lowest BCUT2D eigenvalue weighted by atomic mass is 10.1. The Morgan fingerprint density at radius 3 is 2.31 bits per heavy atom. The van der Waals surface area contributed by atoms with Crippen molar-refractivity contribution in [1.82, 2.24) is 0 Å². The molecule has 0 spiro atoms. The van der Waals surface area contributed by atoms with E-state index in [4.69, 9.17) is 0 Å². The molecule has 16 heavy (non-hydrogen) atoms. The Balaban J connectivity index is 2.87. The minimum absolute atomic E-state index is 0.186. The van der Waals surface area contributed by atoms with E-state index < -0.39 is 15.3 Å². The number of hydrogen-bond donors (Lipinski definition) is 1. The van der Waals surface area contributed by atoms with Gasteiger partial charge in [0.15, 0.2) is 5.44 Å². The number of rotatable bonds is 5. The van der Waals surface area contributed by atoms with Crippen LogP contribution in [0.25, 0.3) is 0 Å². The van der Waals surface area contributed by atoms with Crippen molar-refractivity contribution >= 4 is 9.84 Å². The van der Waals surface area contributed by atoms with Crippen molar-refractivity contribution in [2.45, 2.75) is 37.0 Å². The Morgan fingerprint density at radius 2 is 1.81 bits per heavy atom. The molecular formula is C12H18O3S. The molecule has 1 aromatic carbocycles. The largest absolute Gasteiger partial charge is 0.377 e. The third-order valence-electron chi connectivity index (χ3n) is 2.73. The van der Waals surface area contributed by atoms with Crippen LogP contribution in [0.3, 0.4) is 0 Å². The minimum Gasteiger partial charge on any atom is -0.377 e. The SMILES string of the molecule is CC[C@@H](C)CC(O)S(=O)(=O)c1ccccc1. The van der Waals surface area contributed by atoms with E-state index in [2.05, 4.69) is 0 Å². The van der Waals surface area contributed by atoms with Crippen LogP contribution >= 0.6 is 0 Å². The molecule has 0 aliphatic heterocycles. The smallest absolute Gasteiger partial charge is 0.204 e. The molecule has 3 nitrogen and oxygen atoms in total. The number of sulfone groups is 1. The summed E-state index contributed by atoms with van der Waals surface area (Å²) in [5.74, 6) is 0.202. The van der Waals surface area contributed by atoms with Gasteiger partial charge in [0.05, 0.1) is 4.90 Å². The fourth-order valence-electron chi connectivity index (χ4n) is 1.40. The first-order valence-corrected chi connectivity index (χ1v) is 7.00. The van der Waals surface area contributed by atoms with E-state index >= 15 is 0 Å². The second-order valence-electron chi connectivity index (χ2n) is 4.06. The summed E-state index contributed by atoms with van der Waals surface area (Å²) in [4.78, 5) is 0.186. The zero-order chi connectivity index (χ0) is 12.2. The fraction of sp³-hybridized carbons (Fsp3) is 0.500. The highest BCUT2D eigenvalue weighted by atomic mass is 32.2. The minimum atomic E-state index is -3.59. The Kier molecular flexibility index (Phi) is 4.50. The highest BCUT2D eigenvalue weighted by Crippen LogP contribution is 2.20. The quantitative estimate of drug-likeness (QED) is 0.861. The van der Waals surface area contributed by atoms with E-state index in [9.17, 15) is 13.5 Å². The molecule has 1 unspecified atom stereocenters. The second kappa shape index (κ2) is 5.46. The monoisotopic (exact) mass is 242 g/mol. The van der Waals surface area contributed by atoms with Crippen LogP contribution in [-0.2, 0) is 9.84 Å². The normalized spacial score (nSPS) is 15.7. The standard InChI is InChI=1S/C12H18O3S/c1-3-10(2)9-12(13)16(14,15)11-7-5-4-6-8-11/h4-8,10,12-13H,3,9H2,1-2H3/t10-,12?/m1/s1. The number of aliphatic hydroxyl groups excluding tert-OH is 1. The predicted molar refractivity (Wildman–Crippen MR) is 63.7 cm³/mol. The van der Waals surface area contributed by atoms with Gasteiger partial charge < -0.3 is 5.11 Å². The molecule has 0 bridgehead atoms. The molecule has 0 amide bonds. The van der Waals surface area contributed by atoms with Crippen LogP contribution in [0.15, 0.2) is 35.2 Å². The van der Waals surface area contributed by atoms with E-state index in [0.29, 0.717) is 0 Å². The number of aliphatic hydroxyl groups is 1. The lowest BCUT2D eigenvalue weighted by Crippen LogP contribution is -2.23. The van der Waals surface area contributed by atoms with Gasteiger partial charge in [0.2, 0.25) is 9.84 Å². The van der Waals surface area contributed by atoms with Crippen LogP contribution in [0.1, 0.15) is 26.7 Å². The van der Waals surface area contributed by atoms with E-state index in [-0.39, 0.29) is 17.2 Å². The van der Waals surface area contributed by atoms with Gasteiger partial charge in [-0.05, 0) is 24.5 Å². The molecule has 4 heteroatoms. The molecule has 1 aromatic rings. The zero-order valence-electron chi connectivity index (χ0n) is 9.63. The summed E-state index contributed by atoms with van der Waals surface area (Å²) in [6.45, 7) is 3.91. The van der Waals surface area contributed by atoms with Crippen molar-refractivity contribution in [3.8, 4) is 0 Å². The van der Waals surface area contributed by atoms with E-state index in [0.717, 1.165) is 6.42 Å². The maximum Gasteiger partial charge on any atom is 0.204 e. The van der Waals surface area contributed by atoms with Crippen LogP contribution in [0.2, 0.25) is 0 Å². The van der Waals surface area contributed by atoms with E-state index in [1.54, 1.807) is 18.2 Å². The molecule has 0 aliphatic rings. The molecule has 2 atom stereocenters. The second-order valence-corrected chi connectivity index (χ2v) is 6.17. The molecule has 0 heterocycles. The van der Waals surface area contributed by atoms with Crippen LogP contribution < -0.4 is 0 Å². The first kappa shape index (κ1) is 13.2. The van der Waals surface area contributed by atoms with Gasteiger partial charge in [0, 0.05) is 0 Å². The molecule has 1 N–H and O–H groups in total. The highest BCUT2D eigenvalue weighted by Gasteiger charge is 2.25. The molecule has 0 radical (unpaired) electrons. The van der Waals surface area contributed by atoms with Crippen molar-refractivity contribution < 1.29 is 13.5 Å². The van der Waals surface area contributed by atoms with Gasteiger partial charge >= 0.3 is 0 Å². The molecular weight excluding hydrogens is 224 g/mol. The van der Waals surface area contributed by atoms with Crippen molar-refractivity contribution in [1.29, 1.82) is 0 Å². The number of hydrogen-bond acceptors (Lipinski definition) is 3. The average molecular weight is 242 g/mol.